The highest BCUT2D eigenvalue weighted by atomic mass is 16.5. The summed E-state index contributed by atoms with van der Waals surface area (Å²) in [6.07, 6.45) is 3.43. The first-order chi connectivity index (χ1) is 8.91. The van der Waals surface area contributed by atoms with E-state index in [0.29, 0.717) is 24.9 Å². The molecule has 0 bridgehead atoms. The maximum absolute atomic E-state index is 11.2. The van der Waals surface area contributed by atoms with Crippen LogP contribution in [0.1, 0.15) is 47.0 Å². The van der Waals surface area contributed by atoms with Crippen LogP contribution in [-0.2, 0) is 14.3 Å². The molecule has 1 aliphatic carbocycles. The van der Waals surface area contributed by atoms with Gasteiger partial charge in [0.1, 0.15) is 0 Å². The molecule has 3 nitrogen and oxygen atoms in total. The molecule has 110 valence electrons. The Hall–Kier alpha value is -0.830. The number of hydrogen-bond acceptors (Lipinski definition) is 3. The van der Waals surface area contributed by atoms with E-state index in [1.165, 1.54) is 0 Å². The predicted molar refractivity (Wildman–Crippen MR) is 76.9 cm³/mol. The zero-order chi connectivity index (χ0) is 14.4. The third-order valence-corrected chi connectivity index (χ3v) is 4.29. The first-order valence-corrected chi connectivity index (χ1v) is 7.36. The highest BCUT2D eigenvalue weighted by Crippen LogP contribution is 2.35. The smallest absolute Gasteiger partial charge is 0.333 e. The second-order valence-corrected chi connectivity index (χ2v) is 6.05. The minimum absolute atomic E-state index is 0.311. The Morgan fingerprint density at radius 2 is 1.74 bits per heavy atom. The minimum atomic E-state index is -0.311. The molecule has 0 heterocycles. The van der Waals surface area contributed by atoms with Crippen LogP contribution in [0.25, 0.3) is 0 Å². The van der Waals surface area contributed by atoms with E-state index in [1.54, 1.807) is 6.92 Å². The van der Waals surface area contributed by atoms with E-state index in [2.05, 4.69) is 27.4 Å². The fraction of sp³-hybridized carbons (Fsp3) is 0.812. The van der Waals surface area contributed by atoms with Gasteiger partial charge in [-0.25, -0.2) is 4.79 Å². The van der Waals surface area contributed by atoms with E-state index in [9.17, 15) is 4.79 Å². The van der Waals surface area contributed by atoms with Gasteiger partial charge in [-0.05, 0) is 37.5 Å². The summed E-state index contributed by atoms with van der Waals surface area (Å²) in [7, 11) is 0. The van der Waals surface area contributed by atoms with E-state index in [-0.39, 0.29) is 5.97 Å². The fourth-order valence-electron chi connectivity index (χ4n) is 2.65. The quantitative estimate of drug-likeness (QED) is 0.419. The Kier molecular flexibility index (Phi) is 6.56. The van der Waals surface area contributed by atoms with Gasteiger partial charge in [0.05, 0.1) is 19.3 Å². The Labute approximate surface area is 117 Å². The van der Waals surface area contributed by atoms with Gasteiger partial charge >= 0.3 is 5.97 Å². The molecule has 0 aromatic carbocycles. The molecule has 2 unspecified atom stereocenters. The second-order valence-electron chi connectivity index (χ2n) is 6.05. The zero-order valence-corrected chi connectivity index (χ0v) is 12.8. The SMILES string of the molecule is C=C(C)C(=O)OCCCOC1CC(C)C(C)C(C)C1. The molecule has 1 saturated carbocycles. The Morgan fingerprint density at radius 1 is 1.16 bits per heavy atom. The number of esters is 1. The van der Waals surface area contributed by atoms with E-state index in [1.807, 2.05) is 0 Å². The van der Waals surface area contributed by atoms with Gasteiger partial charge in [-0.15, -0.1) is 0 Å². The molecule has 3 heteroatoms. The van der Waals surface area contributed by atoms with Crippen LogP contribution in [0, 0.1) is 17.8 Å². The third kappa shape index (κ3) is 5.35. The summed E-state index contributed by atoms with van der Waals surface area (Å²) in [5, 5.41) is 0. The Bertz CT molecular complexity index is 299. The van der Waals surface area contributed by atoms with Crippen molar-refractivity contribution in [3.05, 3.63) is 12.2 Å². The van der Waals surface area contributed by atoms with Crippen molar-refractivity contribution in [1.82, 2.24) is 0 Å². The van der Waals surface area contributed by atoms with Crippen LogP contribution in [0.5, 0.6) is 0 Å². The van der Waals surface area contributed by atoms with E-state index >= 15 is 0 Å². The average molecular weight is 268 g/mol. The van der Waals surface area contributed by atoms with Crippen molar-refractivity contribution in [2.24, 2.45) is 17.8 Å². The van der Waals surface area contributed by atoms with E-state index < -0.39 is 0 Å². The lowest BCUT2D eigenvalue weighted by molar-refractivity contribution is -0.139. The van der Waals surface area contributed by atoms with Gasteiger partial charge in [0.25, 0.3) is 0 Å². The molecule has 0 spiro atoms. The predicted octanol–water partition coefficient (Wildman–Crippen LogP) is 3.58. The van der Waals surface area contributed by atoms with Crippen molar-refractivity contribution in [1.29, 1.82) is 0 Å². The van der Waals surface area contributed by atoms with E-state index in [4.69, 9.17) is 9.47 Å². The standard InChI is InChI=1S/C16H28O3/c1-11(2)16(17)19-8-6-7-18-15-9-12(3)14(5)13(4)10-15/h12-15H,1,6-10H2,2-5H3. The first-order valence-electron chi connectivity index (χ1n) is 7.36. The molecule has 2 atom stereocenters. The maximum atomic E-state index is 11.2. The molecule has 0 aromatic rings. The molecule has 0 N–H and O–H groups in total. The largest absolute Gasteiger partial charge is 0.462 e. The van der Waals surface area contributed by atoms with Crippen LogP contribution < -0.4 is 0 Å². The van der Waals surface area contributed by atoms with Gasteiger partial charge in [0, 0.05) is 12.0 Å². The molecule has 0 amide bonds. The van der Waals surface area contributed by atoms with Crippen LogP contribution >= 0.6 is 0 Å². The van der Waals surface area contributed by atoms with Crippen molar-refractivity contribution in [2.75, 3.05) is 13.2 Å². The number of hydrogen-bond donors (Lipinski definition) is 0. The van der Waals surface area contributed by atoms with E-state index in [0.717, 1.165) is 37.0 Å². The lowest BCUT2D eigenvalue weighted by atomic mass is 9.73. The molecule has 0 aliphatic heterocycles. The summed E-state index contributed by atoms with van der Waals surface area (Å²) in [4.78, 5) is 11.2. The minimum Gasteiger partial charge on any atom is -0.462 e. The van der Waals surface area contributed by atoms with Gasteiger partial charge in [-0.1, -0.05) is 27.4 Å². The molecule has 0 saturated heterocycles. The van der Waals surface area contributed by atoms with Crippen molar-refractivity contribution >= 4 is 5.97 Å². The summed E-state index contributed by atoms with van der Waals surface area (Å²) in [5.41, 5.74) is 0.449. The summed E-state index contributed by atoms with van der Waals surface area (Å²) in [6, 6.07) is 0. The zero-order valence-electron chi connectivity index (χ0n) is 12.8. The molecule has 19 heavy (non-hydrogen) atoms. The first kappa shape index (κ1) is 16.2. The highest BCUT2D eigenvalue weighted by Gasteiger charge is 2.30. The van der Waals surface area contributed by atoms with Gasteiger partial charge in [0.15, 0.2) is 0 Å². The monoisotopic (exact) mass is 268 g/mol. The number of carbonyl (C=O) groups is 1. The lowest BCUT2D eigenvalue weighted by Crippen LogP contribution is -2.32. The Balaban J connectivity index is 2.13. The van der Waals surface area contributed by atoms with Crippen molar-refractivity contribution < 1.29 is 14.3 Å². The lowest BCUT2D eigenvalue weighted by Gasteiger charge is -2.37. The van der Waals surface area contributed by atoms with Crippen LogP contribution in [0.15, 0.2) is 12.2 Å². The highest BCUT2D eigenvalue weighted by molar-refractivity contribution is 5.86. The van der Waals surface area contributed by atoms with Gasteiger partial charge in [-0.3, -0.25) is 0 Å². The van der Waals surface area contributed by atoms with Crippen LogP contribution in [0.3, 0.4) is 0 Å². The molecule has 0 radical (unpaired) electrons. The topological polar surface area (TPSA) is 35.5 Å². The molecular weight excluding hydrogens is 240 g/mol. The van der Waals surface area contributed by atoms with Gasteiger partial charge in [0.2, 0.25) is 0 Å². The summed E-state index contributed by atoms with van der Waals surface area (Å²) in [5.74, 6) is 1.94. The van der Waals surface area contributed by atoms with Crippen LogP contribution in [-0.4, -0.2) is 25.3 Å². The Morgan fingerprint density at radius 3 is 2.26 bits per heavy atom. The van der Waals surface area contributed by atoms with Crippen molar-refractivity contribution in [3.63, 3.8) is 0 Å². The summed E-state index contributed by atoms with van der Waals surface area (Å²) >= 11 is 0. The molecule has 1 fully saturated rings. The van der Waals surface area contributed by atoms with Crippen LogP contribution in [0.4, 0.5) is 0 Å². The average Bonchev–Trinajstić information content (AvgIpc) is 2.34. The van der Waals surface area contributed by atoms with Gasteiger partial charge in [-0.2, -0.15) is 0 Å². The number of carbonyl (C=O) groups excluding carboxylic acids is 1. The fourth-order valence-corrected chi connectivity index (χ4v) is 2.65. The van der Waals surface area contributed by atoms with Crippen LogP contribution in [0.2, 0.25) is 0 Å². The van der Waals surface area contributed by atoms with Crippen molar-refractivity contribution in [2.45, 2.75) is 53.1 Å². The molecule has 1 rings (SSSR count). The number of ether oxygens (including phenoxy) is 2. The summed E-state index contributed by atoms with van der Waals surface area (Å²) < 4.78 is 10.9. The van der Waals surface area contributed by atoms with Gasteiger partial charge < -0.3 is 9.47 Å². The number of rotatable bonds is 6. The second kappa shape index (κ2) is 7.68. The van der Waals surface area contributed by atoms with Crippen molar-refractivity contribution in [3.8, 4) is 0 Å². The normalized spacial score (nSPS) is 30.9. The maximum Gasteiger partial charge on any atom is 0.333 e. The third-order valence-electron chi connectivity index (χ3n) is 4.29. The molecule has 1 aliphatic rings. The molecular formula is C16H28O3. The summed E-state index contributed by atoms with van der Waals surface area (Å²) in [6.45, 7) is 13.2. The molecule has 0 aromatic heterocycles.